The minimum atomic E-state index is -1.08. The zero-order valence-corrected chi connectivity index (χ0v) is 20.6. The Morgan fingerprint density at radius 2 is 1.57 bits per heavy atom. The molecule has 2 N–H and O–H groups in total. The Kier molecular flexibility index (Phi) is 5.09. The van der Waals surface area contributed by atoms with Gasteiger partial charge in [-0.25, -0.2) is 9.97 Å². The predicted octanol–water partition coefficient (Wildman–Crippen LogP) is 4.64. The van der Waals surface area contributed by atoms with Crippen molar-refractivity contribution < 1.29 is 14.5 Å². The average Bonchev–Trinajstić information content (AvgIpc) is 3.11. The van der Waals surface area contributed by atoms with Crippen molar-refractivity contribution >= 4 is 51.7 Å². The Labute approximate surface area is 210 Å². The summed E-state index contributed by atoms with van der Waals surface area (Å²) in [5.74, 6) is -1.24. The van der Waals surface area contributed by atoms with Crippen LogP contribution in [0.5, 0.6) is 0 Å². The molecular weight excluding hydrogens is 493 g/mol. The lowest BCUT2D eigenvalue weighted by Gasteiger charge is -2.39. The van der Waals surface area contributed by atoms with Gasteiger partial charge in [-0.2, -0.15) is 0 Å². The lowest BCUT2D eigenvalue weighted by Crippen LogP contribution is -2.55. The fourth-order valence-electron chi connectivity index (χ4n) is 5.71. The van der Waals surface area contributed by atoms with Gasteiger partial charge in [-0.05, 0) is 36.5 Å². The molecule has 0 spiro atoms. The summed E-state index contributed by atoms with van der Waals surface area (Å²) >= 11 is 12.4. The average molecular weight is 514 g/mol. The minimum Gasteiger partial charge on any atom is -0.272 e. The van der Waals surface area contributed by atoms with Crippen molar-refractivity contribution in [2.45, 2.75) is 44.4 Å². The number of halogens is 2. The second-order valence-corrected chi connectivity index (χ2v) is 10.5. The Balaban J connectivity index is 1.54. The molecular formula is C24H21Cl2N5O4. The quantitative estimate of drug-likeness (QED) is 0.388. The van der Waals surface area contributed by atoms with Gasteiger partial charge in [0.1, 0.15) is 11.0 Å². The molecule has 11 heteroatoms. The molecule has 2 aromatic carbocycles. The predicted molar refractivity (Wildman–Crippen MR) is 130 cm³/mol. The number of carbonyl (C=O) groups excluding carboxylic acids is 2. The van der Waals surface area contributed by atoms with Crippen molar-refractivity contribution in [1.29, 1.82) is 0 Å². The third-order valence-electron chi connectivity index (χ3n) is 8.10. The van der Waals surface area contributed by atoms with E-state index in [1.807, 2.05) is 13.8 Å². The summed E-state index contributed by atoms with van der Waals surface area (Å²) in [6, 6.07) is 8.81. The van der Waals surface area contributed by atoms with E-state index < -0.39 is 33.0 Å². The molecule has 2 aliphatic carbocycles. The van der Waals surface area contributed by atoms with E-state index in [1.165, 1.54) is 24.3 Å². The van der Waals surface area contributed by atoms with E-state index >= 15 is 0 Å². The SMILES string of the molecule is CC12CCC(C(=O)NNC(=O)c3ccccc3[N+](=O)[O-])(c3nc4cc(Cl)c(Cl)cc4nc31)C2(C)C. The molecule has 9 nitrogen and oxygen atoms in total. The molecule has 0 saturated heterocycles. The van der Waals surface area contributed by atoms with E-state index in [1.54, 1.807) is 12.1 Å². The first kappa shape index (κ1) is 23.4. The molecule has 2 unspecified atom stereocenters. The second kappa shape index (κ2) is 7.60. The lowest BCUT2D eigenvalue weighted by molar-refractivity contribution is -0.385. The molecule has 2 aliphatic rings. The topological polar surface area (TPSA) is 127 Å². The van der Waals surface area contributed by atoms with E-state index in [0.29, 0.717) is 39.6 Å². The number of hydrogen-bond acceptors (Lipinski definition) is 6. The highest BCUT2D eigenvalue weighted by molar-refractivity contribution is 6.42. The summed E-state index contributed by atoms with van der Waals surface area (Å²) in [5.41, 5.74) is 4.59. The molecule has 1 heterocycles. The molecule has 0 aliphatic heterocycles. The summed E-state index contributed by atoms with van der Waals surface area (Å²) < 4.78 is 0. The van der Waals surface area contributed by atoms with Gasteiger partial charge in [0.15, 0.2) is 0 Å². The highest BCUT2D eigenvalue weighted by Crippen LogP contribution is 2.70. The summed E-state index contributed by atoms with van der Waals surface area (Å²) in [5, 5.41) is 12.0. The van der Waals surface area contributed by atoms with Gasteiger partial charge in [0.25, 0.3) is 17.5 Å². The van der Waals surface area contributed by atoms with Crippen LogP contribution in [0.3, 0.4) is 0 Å². The molecule has 1 aromatic heterocycles. The first-order valence-electron chi connectivity index (χ1n) is 11.0. The number of amides is 2. The van der Waals surface area contributed by atoms with Crippen LogP contribution in [0, 0.1) is 15.5 Å². The maximum absolute atomic E-state index is 13.8. The number of nitrogens with zero attached hydrogens (tertiary/aromatic N) is 3. The molecule has 3 aromatic rings. The van der Waals surface area contributed by atoms with Crippen LogP contribution in [0.4, 0.5) is 5.69 Å². The molecule has 35 heavy (non-hydrogen) atoms. The Bertz CT molecular complexity index is 1460. The number of hydrogen-bond donors (Lipinski definition) is 2. The fraction of sp³-hybridized carbons (Fsp3) is 0.333. The normalized spacial score (nSPS) is 23.7. The third kappa shape index (κ3) is 3.01. The summed E-state index contributed by atoms with van der Waals surface area (Å²) in [4.78, 5) is 46.8. The van der Waals surface area contributed by atoms with Gasteiger partial charge < -0.3 is 0 Å². The Morgan fingerprint density at radius 3 is 2.20 bits per heavy atom. The van der Waals surface area contributed by atoms with Crippen LogP contribution in [-0.4, -0.2) is 26.7 Å². The van der Waals surface area contributed by atoms with Gasteiger partial charge >= 0.3 is 0 Å². The summed E-state index contributed by atoms with van der Waals surface area (Å²) in [7, 11) is 0. The van der Waals surface area contributed by atoms with Crippen LogP contribution in [-0.2, 0) is 15.6 Å². The number of rotatable bonds is 3. The first-order valence-corrected chi connectivity index (χ1v) is 11.7. The van der Waals surface area contributed by atoms with Crippen molar-refractivity contribution in [3.63, 3.8) is 0 Å². The lowest BCUT2D eigenvalue weighted by atomic mass is 9.63. The molecule has 0 radical (unpaired) electrons. The van der Waals surface area contributed by atoms with Crippen molar-refractivity contribution in [2.24, 2.45) is 5.41 Å². The summed E-state index contributed by atoms with van der Waals surface area (Å²) in [6.45, 7) is 6.06. The van der Waals surface area contributed by atoms with E-state index in [2.05, 4.69) is 17.8 Å². The number of fused-ring (bicyclic) bond motifs is 6. The highest BCUT2D eigenvalue weighted by Gasteiger charge is 2.73. The smallest absolute Gasteiger partial charge is 0.272 e. The van der Waals surface area contributed by atoms with E-state index in [4.69, 9.17) is 33.2 Å². The van der Waals surface area contributed by atoms with Crippen LogP contribution in [0.25, 0.3) is 11.0 Å². The number of para-hydroxylation sites is 1. The molecule has 1 saturated carbocycles. The maximum Gasteiger partial charge on any atom is 0.282 e. The first-order chi connectivity index (χ1) is 16.4. The van der Waals surface area contributed by atoms with Crippen molar-refractivity contribution in [3.05, 3.63) is 73.5 Å². The van der Waals surface area contributed by atoms with Crippen LogP contribution < -0.4 is 10.9 Å². The molecule has 2 bridgehead atoms. The van der Waals surface area contributed by atoms with Gasteiger partial charge in [0, 0.05) is 11.5 Å². The van der Waals surface area contributed by atoms with Gasteiger partial charge in [0.05, 0.1) is 37.4 Å². The van der Waals surface area contributed by atoms with Crippen LogP contribution in [0.15, 0.2) is 36.4 Å². The number of carbonyl (C=O) groups is 2. The standard InChI is InChI=1S/C24H21Cl2N5O4/c1-22(2)23(3)8-9-24(22,19-18(23)27-15-10-13(25)14(26)11-16(15)28-19)21(33)30-29-20(32)12-6-4-5-7-17(12)31(34)35/h4-7,10-11H,8-9H2,1-3H3,(H,29,32)(H,30,33). The van der Waals surface area contributed by atoms with Gasteiger partial charge in [0.2, 0.25) is 0 Å². The van der Waals surface area contributed by atoms with Crippen LogP contribution in [0.2, 0.25) is 10.0 Å². The minimum absolute atomic E-state index is 0.157. The van der Waals surface area contributed by atoms with E-state index in [-0.39, 0.29) is 11.3 Å². The van der Waals surface area contributed by atoms with Crippen LogP contribution in [0.1, 0.15) is 55.4 Å². The van der Waals surface area contributed by atoms with E-state index in [9.17, 15) is 19.7 Å². The highest BCUT2D eigenvalue weighted by atomic mass is 35.5. The van der Waals surface area contributed by atoms with Gasteiger partial charge in [-0.1, -0.05) is 56.1 Å². The number of nitro benzene ring substituents is 1. The molecule has 2 atom stereocenters. The van der Waals surface area contributed by atoms with Crippen LogP contribution >= 0.6 is 23.2 Å². The number of nitrogens with one attached hydrogen (secondary N) is 2. The number of nitro groups is 1. The second-order valence-electron chi connectivity index (χ2n) is 9.72. The monoisotopic (exact) mass is 513 g/mol. The van der Waals surface area contributed by atoms with Crippen molar-refractivity contribution in [2.75, 3.05) is 0 Å². The summed E-state index contributed by atoms with van der Waals surface area (Å²) in [6.07, 6.45) is 1.19. The van der Waals surface area contributed by atoms with Crippen molar-refractivity contribution in [3.8, 4) is 0 Å². The number of aromatic nitrogens is 2. The third-order valence-corrected chi connectivity index (χ3v) is 8.82. The van der Waals surface area contributed by atoms with Crippen molar-refractivity contribution in [1.82, 2.24) is 20.8 Å². The molecule has 5 rings (SSSR count). The largest absolute Gasteiger partial charge is 0.282 e. The maximum atomic E-state index is 13.8. The molecule has 180 valence electrons. The van der Waals surface area contributed by atoms with Gasteiger partial charge in [-0.15, -0.1) is 0 Å². The van der Waals surface area contributed by atoms with Gasteiger partial charge in [-0.3, -0.25) is 30.6 Å². The Hall–Kier alpha value is -3.30. The zero-order valence-electron chi connectivity index (χ0n) is 19.1. The fourth-order valence-corrected chi connectivity index (χ4v) is 6.03. The number of hydrazine groups is 1. The molecule has 1 fully saturated rings. The van der Waals surface area contributed by atoms with E-state index in [0.717, 1.165) is 5.69 Å². The number of benzene rings is 2. The zero-order chi connectivity index (χ0) is 25.3. The molecule has 2 amide bonds. The Morgan fingerprint density at radius 1 is 0.971 bits per heavy atom.